The van der Waals surface area contributed by atoms with Crippen molar-refractivity contribution in [1.82, 2.24) is 14.7 Å². The SMILES string of the molecule is CC1N=C(N(C)C)N(C)C(N(C)Cc2ccoc2)=N1. The summed E-state index contributed by atoms with van der Waals surface area (Å²) in [5, 5.41) is 0. The highest BCUT2D eigenvalue weighted by Gasteiger charge is 2.24. The summed E-state index contributed by atoms with van der Waals surface area (Å²) < 4.78 is 5.10. The van der Waals surface area contributed by atoms with Crippen molar-refractivity contribution in [3.05, 3.63) is 24.2 Å². The second kappa shape index (κ2) is 5.34. The Labute approximate surface area is 114 Å². The van der Waals surface area contributed by atoms with Gasteiger partial charge in [-0.1, -0.05) is 0 Å². The second-order valence-electron chi connectivity index (χ2n) is 4.93. The summed E-state index contributed by atoms with van der Waals surface area (Å²) in [5.74, 6) is 1.82. The van der Waals surface area contributed by atoms with E-state index in [1.165, 1.54) is 0 Å². The summed E-state index contributed by atoms with van der Waals surface area (Å²) >= 11 is 0. The first-order valence-electron chi connectivity index (χ1n) is 6.28. The minimum atomic E-state index is -0.0598. The zero-order valence-electron chi connectivity index (χ0n) is 12.2. The first kappa shape index (κ1) is 13.5. The molecule has 1 aliphatic rings. The van der Waals surface area contributed by atoms with E-state index in [0.717, 1.165) is 24.0 Å². The lowest BCUT2D eigenvalue weighted by molar-refractivity contribution is 0.403. The molecule has 1 atom stereocenters. The van der Waals surface area contributed by atoms with Crippen LogP contribution in [0.3, 0.4) is 0 Å². The number of rotatable bonds is 2. The molecule has 0 spiro atoms. The third-order valence-corrected chi connectivity index (χ3v) is 2.95. The van der Waals surface area contributed by atoms with Gasteiger partial charge in [-0.25, -0.2) is 9.98 Å². The normalized spacial score (nSPS) is 19.0. The maximum absolute atomic E-state index is 5.10. The van der Waals surface area contributed by atoms with Gasteiger partial charge in [0.2, 0.25) is 11.9 Å². The van der Waals surface area contributed by atoms with E-state index in [1.807, 2.05) is 51.0 Å². The first-order valence-corrected chi connectivity index (χ1v) is 6.28. The van der Waals surface area contributed by atoms with Crippen LogP contribution in [-0.2, 0) is 6.54 Å². The van der Waals surface area contributed by atoms with Crippen LogP contribution < -0.4 is 0 Å². The zero-order chi connectivity index (χ0) is 14.0. The average Bonchev–Trinajstić information content (AvgIpc) is 2.84. The van der Waals surface area contributed by atoms with Gasteiger partial charge in [-0.2, -0.15) is 0 Å². The van der Waals surface area contributed by atoms with Crippen molar-refractivity contribution in [2.75, 3.05) is 28.2 Å². The summed E-state index contributed by atoms with van der Waals surface area (Å²) in [6.45, 7) is 2.75. The van der Waals surface area contributed by atoms with Crippen molar-refractivity contribution in [3.63, 3.8) is 0 Å². The van der Waals surface area contributed by atoms with Gasteiger partial charge in [0, 0.05) is 40.3 Å². The largest absolute Gasteiger partial charge is 0.472 e. The van der Waals surface area contributed by atoms with Gasteiger partial charge in [-0.15, -0.1) is 0 Å². The Balaban J connectivity index is 2.15. The highest BCUT2D eigenvalue weighted by Crippen LogP contribution is 2.12. The van der Waals surface area contributed by atoms with E-state index in [0.29, 0.717) is 0 Å². The van der Waals surface area contributed by atoms with E-state index in [-0.39, 0.29) is 6.17 Å². The molecule has 1 aliphatic heterocycles. The lowest BCUT2D eigenvalue weighted by Crippen LogP contribution is -2.50. The monoisotopic (exact) mass is 263 g/mol. The Kier molecular flexibility index (Phi) is 3.78. The summed E-state index contributed by atoms with van der Waals surface area (Å²) in [6, 6.07) is 1.96. The lowest BCUT2D eigenvalue weighted by atomic mass is 10.3. The quantitative estimate of drug-likeness (QED) is 0.806. The molecule has 0 radical (unpaired) electrons. The molecule has 0 aliphatic carbocycles. The molecular formula is C13H21N5O. The molecule has 104 valence electrons. The molecule has 1 unspecified atom stereocenters. The van der Waals surface area contributed by atoms with Crippen molar-refractivity contribution in [2.45, 2.75) is 19.6 Å². The van der Waals surface area contributed by atoms with E-state index in [9.17, 15) is 0 Å². The molecule has 0 bridgehead atoms. The molecule has 0 saturated heterocycles. The molecule has 6 nitrogen and oxygen atoms in total. The predicted molar refractivity (Wildman–Crippen MR) is 76.0 cm³/mol. The van der Waals surface area contributed by atoms with E-state index < -0.39 is 0 Å². The molecule has 2 rings (SSSR count). The van der Waals surface area contributed by atoms with Gasteiger partial charge in [-0.05, 0) is 13.0 Å². The molecule has 1 aromatic rings. The highest BCUT2D eigenvalue weighted by atomic mass is 16.3. The van der Waals surface area contributed by atoms with Crippen LogP contribution in [0.15, 0.2) is 33.0 Å². The van der Waals surface area contributed by atoms with Gasteiger partial charge in [0.1, 0.15) is 6.17 Å². The molecule has 0 aromatic carbocycles. The van der Waals surface area contributed by atoms with E-state index in [2.05, 4.69) is 14.9 Å². The molecule has 2 heterocycles. The van der Waals surface area contributed by atoms with Crippen LogP contribution in [0.5, 0.6) is 0 Å². The van der Waals surface area contributed by atoms with E-state index in [1.54, 1.807) is 12.5 Å². The number of hydrogen-bond acceptors (Lipinski definition) is 6. The fraction of sp³-hybridized carbons (Fsp3) is 0.538. The predicted octanol–water partition coefficient (Wildman–Crippen LogP) is 1.28. The number of hydrogen-bond donors (Lipinski definition) is 0. The van der Waals surface area contributed by atoms with Crippen LogP contribution in [0.25, 0.3) is 0 Å². The third-order valence-electron chi connectivity index (χ3n) is 2.95. The van der Waals surface area contributed by atoms with Crippen LogP contribution in [0, 0.1) is 0 Å². The molecule has 19 heavy (non-hydrogen) atoms. The van der Waals surface area contributed by atoms with Crippen LogP contribution in [0.1, 0.15) is 12.5 Å². The average molecular weight is 263 g/mol. The third kappa shape index (κ3) is 2.89. The summed E-state index contributed by atoms with van der Waals surface area (Å²) in [5.41, 5.74) is 1.13. The summed E-state index contributed by atoms with van der Waals surface area (Å²) in [6.07, 6.45) is 3.38. The maximum atomic E-state index is 5.10. The Hall–Kier alpha value is -1.98. The molecule has 1 aromatic heterocycles. The van der Waals surface area contributed by atoms with Crippen molar-refractivity contribution in [2.24, 2.45) is 9.98 Å². The maximum Gasteiger partial charge on any atom is 0.205 e. The first-order chi connectivity index (χ1) is 8.99. The Morgan fingerprint density at radius 2 is 1.95 bits per heavy atom. The number of aliphatic imine (C=N–C) groups is 2. The Bertz CT molecular complexity index is 477. The highest BCUT2D eigenvalue weighted by molar-refractivity contribution is 5.99. The van der Waals surface area contributed by atoms with Gasteiger partial charge >= 0.3 is 0 Å². The van der Waals surface area contributed by atoms with Gasteiger partial charge in [0.15, 0.2) is 0 Å². The number of nitrogens with zero attached hydrogens (tertiary/aromatic N) is 5. The summed E-state index contributed by atoms with van der Waals surface area (Å²) in [4.78, 5) is 15.2. The van der Waals surface area contributed by atoms with Gasteiger partial charge < -0.3 is 14.2 Å². The van der Waals surface area contributed by atoms with Crippen molar-refractivity contribution in [3.8, 4) is 0 Å². The molecule has 6 heteroatoms. The van der Waals surface area contributed by atoms with E-state index in [4.69, 9.17) is 4.42 Å². The van der Waals surface area contributed by atoms with Gasteiger partial charge in [0.25, 0.3) is 0 Å². The molecular weight excluding hydrogens is 242 g/mol. The fourth-order valence-electron chi connectivity index (χ4n) is 2.12. The second-order valence-corrected chi connectivity index (χ2v) is 4.93. The van der Waals surface area contributed by atoms with Gasteiger partial charge in [-0.3, -0.25) is 4.90 Å². The smallest absolute Gasteiger partial charge is 0.205 e. The Morgan fingerprint density at radius 1 is 1.26 bits per heavy atom. The molecule has 0 saturated carbocycles. The minimum Gasteiger partial charge on any atom is -0.472 e. The van der Waals surface area contributed by atoms with Crippen molar-refractivity contribution < 1.29 is 4.42 Å². The van der Waals surface area contributed by atoms with Crippen LogP contribution >= 0.6 is 0 Å². The van der Waals surface area contributed by atoms with Crippen LogP contribution in [0.4, 0.5) is 0 Å². The fourth-order valence-corrected chi connectivity index (χ4v) is 2.12. The Morgan fingerprint density at radius 3 is 2.53 bits per heavy atom. The zero-order valence-corrected chi connectivity index (χ0v) is 12.2. The van der Waals surface area contributed by atoms with Crippen molar-refractivity contribution >= 4 is 11.9 Å². The topological polar surface area (TPSA) is 47.6 Å². The minimum absolute atomic E-state index is 0.0598. The van der Waals surface area contributed by atoms with Gasteiger partial charge in [0.05, 0.1) is 12.5 Å². The standard InChI is InChI=1S/C13H21N5O/c1-10-14-12(16(2)3)18(5)13(15-10)17(4)8-11-6-7-19-9-11/h6-7,9-10H,8H2,1-5H3. The van der Waals surface area contributed by atoms with E-state index >= 15 is 0 Å². The molecule has 0 amide bonds. The number of guanidine groups is 2. The van der Waals surface area contributed by atoms with Crippen molar-refractivity contribution in [1.29, 1.82) is 0 Å². The molecule has 0 fully saturated rings. The number of furan rings is 1. The summed E-state index contributed by atoms with van der Waals surface area (Å²) in [7, 11) is 7.98. The molecule has 0 N–H and O–H groups in total. The lowest BCUT2D eigenvalue weighted by Gasteiger charge is -2.35. The van der Waals surface area contributed by atoms with Crippen LogP contribution in [-0.4, -0.2) is 61.0 Å². The van der Waals surface area contributed by atoms with Crippen LogP contribution in [0.2, 0.25) is 0 Å².